The van der Waals surface area contributed by atoms with E-state index in [-0.39, 0.29) is 11.9 Å². The zero-order valence-electron chi connectivity index (χ0n) is 13.7. The summed E-state index contributed by atoms with van der Waals surface area (Å²) >= 11 is 1.64. The van der Waals surface area contributed by atoms with Crippen molar-refractivity contribution in [1.29, 1.82) is 0 Å². The van der Waals surface area contributed by atoms with Crippen LogP contribution in [0.2, 0.25) is 0 Å². The SMILES string of the molecule is CC1CN(C)CCN1C(=O)Cc1csc(Cc2ccccc2)n1. The molecule has 1 aromatic carbocycles. The number of nitrogens with zero attached hydrogens (tertiary/aromatic N) is 3. The van der Waals surface area contributed by atoms with Crippen LogP contribution in [0.15, 0.2) is 35.7 Å². The lowest BCUT2D eigenvalue weighted by molar-refractivity contribution is -0.134. The number of benzene rings is 1. The van der Waals surface area contributed by atoms with E-state index in [2.05, 4.69) is 36.0 Å². The smallest absolute Gasteiger partial charge is 0.228 e. The number of likely N-dealkylation sites (N-methyl/N-ethyl adjacent to an activating group) is 1. The van der Waals surface area contributed by atoms with Crippen molar-refractivity contribution in [3.05, 3.63) is 52.0 Å². The van der Waals surface area contributed by atoms with Gasteiger partial charge in [-0.3, -0.25) is 4.79 Å². The van der Waals surface area contributed by atoms with Gasteiger partial charge in [0.25, 0.3) is 0 Å². The Labute approximate surface area is 141 Å². The molecule has 0 spiro atoms. The molecule has 1 atom stereocenters. The summed E-state index contributed by atoms with van der Waals surface area (Å²) in [6.07, 6.45) is 1.25. The van der Waals surface area contributed by atoms with E-state index in [1.54, 1.807) is 11.3 Å². The highest BCUT2D eigenvalue weighted by atomic mass is 32.1. The van der Waals surface area contributed by atoms with Crippen LogP contribution in [0.3, 0.4) is 0 Å². The predicted octanol–water partition coefficient (Wildman–Crippen LogP) is 2.44. The molecule has 5 heteroatoms. The van der Waals surface area contributed by atoms with E-state index < -0.39 is 0 Å². The predicted molar refractivity (Wildman–Crippen MR) is 93.7 cm³/mol. The van der Waals surface area contributed by atoms with Gasteiger partial charge in [-0.2, -0.15) is 0 Å². The van der Waals surface area contributed by atoms with Gasteiger partial charge in [-0.15, -0.1) is 11.3 Å². The average Bonchev–Trinajstić information content (AvgIpc) is 2.95. The Bertz CT molecular complexity index is 655. The van der Waals surface area contributed by atoms with Crippen LogP contribution in [0.25, 0.3) is 0 Å². The Morgan fingerprint density at radius 1 is 1.30 bits per heavy atom. The number of aromatic nitrogens is 1. The summed E-state index contributed by atoms with van der Waals surface area (Å²) < 4.78 is 0. The molecule has 23 heavy (non-hydrogen) atoms. The van der Waals surface area contributed by atoms with E-state index in [1.807, 2.05) is 28.5 Å². The molecule has 0 bridgehead atoms. The van der Waals surface area contributed by atoms with Gasteiger partial charge in [0.15, 0.2) is 0 Å². The van der Waals surface area contributed by atoms with E-state index >= 15 is 0 Å². The fourth-order valence-corrected chi connectivity index (χ4v) is 3.88. The lowest BCUT2D eigenvalue weighted by Gasteiger charge is -2.38. The lowest BCUT2D eigenvalue weighted by Crippen LogP contribution is -2.53. The zero-order chi connectivity index (χ0) is 16.2. The number of rotatable bonds is 4. The van der Waals surface area contributed by atoms with Gasteiger partial charge in [0.1, 0.15) is 0 Å². The number of thiazole rings is 1. The first kappa shape index (κ1) is 16.1. The first-order valence-electron chi connectivity index (χ1n) is 8.07. The van der Waals surface area contributed by atoms with E-state index in [4.69, 9.17) is 0 Å². The van der Waals surface area contributed by atoms with Crippen molar-refractivity contribution in [3.63, 3.8) is 0 Å². The van der Waals surface area contributed by atoms with Crippen molar-refractivity contribution in [2.75, 3.05) is 26.7 Å². The van der Waals surface area contributed by atoms with Gasteiger partial charge in [0, 0.05) is 37.5 Å². The highest BCUT2D eigenvalue weighted by molar-refractivity contribution is 7.09. The number of piperazine rings is 1. The number of amides is 1. The lowest BCUT2D eigenvalue weighted by atomic mass is 10.1. The minimum Gasteiger partial charge on any atom is -0.337 e. The van der Waals surface area contributed by atoms with Crippen molar-refractivity contribution in [1.82, 2.24) is 14.8 Å². The van der Waals surface area contributed by atoms with Crippen molar-refractivity contribution in [2.24, 2.45) is 0 Å². The standard InChI is InChI=1S/C18H23N3OS/c1-14-12-20(2)8-9-21(14)18(22)11-16-13-23-17(19-16)10-15-6-4-3-5-7-15/h3-7,13-14H,8-12H2,1-2H3. The fraction of sp³-hybridized carbons (Fsp3) is 0.444. The molecule has 0 radical (unpaired) electrons. The zero-order valence-corrected chi connectivity index (χ0v) is 14.6. The molecule has 2 heterocycles. The van der Waals surface area contributed by atoms with Crippen molar-refractivity contribution < 1.29 is 4.79 Å². The van der Waals surface area contributed by atoms with Crippen molar-refractivity contribution in [2.45, 2.75) is 25.8 Å². The van der Waals surface area contributed by atoms with Crippen LogP contribution in [0.5, 0.6) is 0 Å². The molecule has 2 aromatic rings. The van der Waals surface area contributed by atoms with Crippen LogP contribution < -0.4 is 0 Å². The molecule has 0 aliphatic carbocycles. The molecular formula is C18H23N3OS. The summed E-state index contributed by atoms with van der Waals surface area (Å²) in [6.45, 7) is 4.83. The highest BCUT2D eigenvalue weighted by Gasteiger charge is 2.26. The van der Waals surface area contributed by atoms with E-state index in [0.717, 1.165) is 36.8 Å². The molecule has 1 fully saturated rings. The van der Waals surface area contributed by atoms with Crippen LogP contribution in [0.4, 0.5) is 0 Å². The Balaban J connectivity index is 1.59. The van der Waals surface area contributed by atoms with Crippen LogP contribution in [-0.4, -0.2) is 53.4 Å². The van der Waals surface area contributed by atoms with Gasteiger partial charge in [-0.05, 0) is 19.5 Å². The molecule has 4 nitrogen and oxygen atoms in total. The topological polar surface area (TPSA) is 36.4 Å². The quantitative estimate of drug-likeness (QED) is 0.864. The summed E-state index contributed by atoms with van der Waals surface area (Å²) in [4.78, 5) is 21.4. The normalized spacial score (nSPS) is 19.0. The largest absolute Gasteiger partial charge is 0.337 e. The number of hydrogen-bond donors (Lipinski definition) is 0. The second kappa shape index (κ2) is 7.23. The van der Waals surface area contributed by atoms with Gasteiger partial charge in [-0.1, -0.05) is 30.3 Å². The molecule has 0 N–H and O–H groups in total. The van der Waals surface area contributed by atoms with Gasteiger partial charge in [-0.25, -0.2) is 4.98 Å². The van der Waals surface area contributed by atoms with Gasteiger partial charge in [0.05, 0.1) is 17.1 Å². The molecule has 1 aliphatic heterocycles. The molecule has 0 saturated carbocycles. The van der Waals surface area contributed by atoms with Gasteiger partial charge in [0.2, 0.25) is 5.91 Å². The second-order valence-corrected chi connectivity index (χ2v) is 7.21. The van der Waals surface area contributed by atoms with Crippen LogP contribution in [0, 0.1) is 0 Å². The summed E-state index contributed by atoms with van der Waals surface area (Å²) in [5.74, 6) is 0.196. The Morgan fingerprint density at radius 3 is 2.83 bits per heavy atom. The maximum Gasteiger partial charge on any atom is 0.228 e. The summed E-state index contributed by atoms with van der Waals surface area (Å²) in [5.41, 5.74) is 2.16. The molecule has 3 rings (SSSR count). The minimum absolute atomic E-state index is 0.196. The average molecular weight is 329 g/mol. The molecule has 1 unspecified atom stereocenters. The highest BCUT2D eigenvalue weighted by Crippen LogP contribution is 2.17. The van der Waals surface area contributed by atoms with Crippen molar-refractivity contribution in [3.8, 4) is 0 Å². The first-order valence-corrected chi connectivity index (χ1v) is 8.95. The maximum atomic E-state index is 12.5. The second-order valence-electron chi connectivity index (χ2n) is 6.27. The third kappa shape index (κ3) is 4.18. The molecule has 1 aromatic heterocycles. The molecule has 1 aliphatic rings. The molecule has 1 amide bonds. The molecule has 1 saturated heterocycles. The minimum atomic E-state index is 0.196. The Morgan fingerprint density at radius 2 is 2.09 bits per heavy atom. The summed E-state index contributed by atoms with van der Waals surface area (Å²) in [7, 11) is 2.11. The van der Waals surface area contributed by atoms with Crippen LogP contribution in [0.1, 0.15) is 23.2 Å². The van der Waals surface area contributed by atoms with Gasteiger partial charge < -0.3 is 9.80 Å². The number of carbonyl (C=O) groups excluding carboxylic acids is 1. The third-order valence-electron chi connectivity index (χ3n) is 4.28. The van der Waals surface area contributed by atoms with Gasteiger partial charge >= 0.3 is 0 Å². The van der Waals surface area contributed by atoms with Crippen LogP contribution >= 0.6 is 11.3 Å². The number of hydrogen-bond acceptors (Lipinski definition) is 4. The molecular weight excluding hydrogens is 306 g/mol. The first-order chi connectivity index (χ1) is 11.1. The van der Waals surface area contributed by atoms with E-state index in [0.29, 0.717) is 6.42 Å². The summed E-state index contributed by atoms with van der Waals surface area (Å²) in [6, 6.07) is 10.6. The number of carbonyl (C=O) groups is 1. The van der Waals surface area contributed by atoms with E-state index in [9.17, 15) is 4.79 Å². The fourth-order valence-electron chi connectivity index (χ4n) is 3.05. The third-order valence-corrected chi connectivity index (χ3v) is 5.18. The maximum absolute atomic E-state index is 12.5. The van der Waals surface area contributed by atoms with E-state index in [1.165, 1.54) is 5.56 Å². The molecule has 122 valence electrons. The monoisotopic (exact) mass is 329 g/mol. The van der Waals surface area contributed by atoms with Crippen LogP contribution in [-0.2, 0) is 17.6 Å². The Kier molecular flexibility index (Phi) is 5.08. The van der Waals surface area contributed by atoms with Crippen molar-refractivity contribution >= 4 is 17.2 Å². The Hall–Kier alpha value is -1.72. The summed E-state index contributed by atoms with van der Waals surface area (Å²) in [5, 5.41) is 3.10.